The molecule has 0 radical (unpaired) electrons. The molecule has 1 N–H and O–H groups in total. The molecule has 1 amide bonds. The van der Waals surface area contributed by atoms with E-state index < -0.39 is 5.97 Å². The molecule has 1 aliphatic rings. The van der Waals surface area contributed by atoms with E-state index in [0.29, 0.717) is 26.9 Å². The number of aryl methyl sites for hydroxylation is 1. The zero-order valence-corrected chi connectivity index (χ0v) is 18.9. The largest absolute Gasteiger partial charge is 0.422 e. The van der Waals surface area contributed by atoms with Crippen LogP contribution in [0, 0.1) is 6.92 Å². The van der Waals surface area contributed by atoms with Crippen LogP contribution in [0.1, 0.15) is 21.5 Å². The van der Waals surface area contributed by atoms with Crippen LogP contribution >= 0.6 is 27.7 Å². The van der Waals surface area contributed by atoms with E-state index in [1.807, 2.05) is 37.3 Å². The average molecular weight is 493 g/mol. The molecule has 1 heterocycles. The van der Waals surface area contributed by atoms with Crippen LogP contribution in [0.15, 0.2) is 87.2 Å². The molecule has 3 aromatic rings. The number of thioether (sulfide) groups is 1. The molecule has 154 valence electrons. The number of hydrogen-bond acceptors (Lipinski definition) is 5. The zero-order chi connectivity index (χ0) is 21.8. The van der Waals surface area contributed by atoms with Crippen LogP contribution in [0.4, 0.5) is 5.69 Å². The van der Waals surface area contributed by atoms with Gasteiger partial charge in [0.1, 0.15) is 5.75 Å². The summed E-state index contributed by atoms with van der Waals surface area (Å²) in [4.78, 5) is 29.9. The fourth-order valence-corrected chi connectivity index (χ4v) is 4.03. The maximum Gasteiger partial charge on any atom is 0.343 e. The lowest BCUT2D eigenvalue weighted by Crippen LogP contribution is -2.19. The molecule has 0 aromatic heterocycles. The van der Waals surface area contributed by atoms with Crippen LogP contribution in [-0.4, -0.2) is 17.0 Å². The molecule has 0 saturated carbocycles. The molecule has 31 heavy (non-hydrogen) atoms. The monoisotopic (exact) mass is 492 g/mol. The highest BCUT2D eigenvalue weighted by molar-refractivity contribution is 9.10. The van der Waals surface area contributed by atoms with Gasteiger partial charge in [-0.15, -0.1) is 0 Å². The second-order valence-corrected chi connectivity index (χ2v) is 8.70. The number of ether oxygens (including phenoxy) is 1. The summed E-state index contributed by atoms with van der Waals surface area (Å²) in [5.41, 5.74) is 2.95. The fraction of sp³-hybridized carbons (Fsp3) is 0.0417. The van der Waals surface area contributed by atoms with Crippen molar-refractivity contribution in [3.8, 4) is 5.75 Å². The van der Waals surface area contributed by atoms with E-state index in [9.17, 15) is 9.59 Å². The molecular formula is C24H17BrN2O3S. The van der Waals surface area contributed by atoms with Gasteiger partial charge in [-0.25, -0.2) is 9.79 Å². The minimum atomic E-state index is -0.465. The fourth-order valence-electron chi connectivity index (χ4n) is 2.82. The first-order valence-electron chi connectivity index (χ1n) is 9.41. The predicted octanol–water partition coefficient (Wildman–Crippen LogP) is 5.87. The minimum Gasteiger partial charge on any atom is -0.422 e. The normalized spacial score (nSPS) is 15.9. The van der Waals surface area contributed by atoms with Gasteiger partial charge in [0.25, 0.3) is 5.91 Å². The van der Waals surface area contributed by atoms with Crippen LogP contribution in [0.2, 0.25) is 0 Å². The minimum absolute atomic E-state index is 0.254. The lowest BCUT2D eigenvalue weighted by Gasteiger charge is -2.08. The topological polar surface area (TPSA) is 67.8 Å². The average Bonchev–Trinajstić information content (AvgIpc) is 3.11. The van der Waals surface area contributed by atoms with E-state index >= 15 is 0 Å². The molecule has 4 rings (SSSR count). The molecule has 0 spiro atoms. The second-order valence-electron chi connectivity index (χ2n) is 6.75. The van der Waals surface area contributed by atoms with Crippen molar-refractivity contribution in [3.05, 3.63) is 98.9 Å². The SMILES string of the molecule is Cc1ccc(N=C2NC(=O)/C(=C/c3cc(Br)ccc3OC(=O)c3ccccc3)S2)cc1. The van der Waals surface area contributed by atoms with Gasteiger partial charge in [0.2, 0.25) is 0 Å². The molecule has 1 aliphatic heterocycles. The third-order valence-electron chi connectivity index (χ3n) is 4.39. The van der Waals surface area contributed by atoms with Gasteiger partial charge in [0, 0.05) is 10.0 Å². The summed E-state index contributed by atoms with van der Waals surface area (Å²) in [5, 5.41) is 3.27. The maximum atomic E-state index is 12.5. The highest BCUT2D eigenvalue weighted by Crippen LogP contribution is 2.32. The Hall–Kier alpha value is -3.16. The molecule has 7 heteroatoms. The number of rotatable bonds is 4. The van der Waals surface area contributed by atoms with Crippen molar-refractivity contribution in [2.75, 3.05) is 0 Å². The van der Waals surface area contributed by atoms with E-state index in [4.69, 9.17) is 4.74 Å². The first-order valence-corrected chi connectivity index (χ1v) is 11.0. The summed E-state index contributed by atoms with van der Waals surface area (Å²) in [6.45, 7) is 2.00. The van der Waals surface area contributed by atoms with E-state index in [2.05, 4.69) is 26.2 Å². The first-order chi connectivity index (χ1) is 15.0. The zero-order valence-electron chi connectivity index (χ0n) is 16.5. The van der Waals surface area contributed by atoms with Gasteiger partial charge >= 0.3 is 5.97 Å². The number of esters is 1. The van der Waals surface area contributed by atoms with E-state index in [0.717, 1.165) is 15.7 Å². The highest BCUT2D eigenvalue weighted by Gasteiger charge is 2.24. The number of amides is 1. The van der Waals surface area contributed by atoms with Crippen LogP contribution < -0.4 is 10.1 Å². The third kappa shape index (κ3) is 5.31. The number of amidine groups is 1. The van der Waals surface area contributed by atoms with Crippen molar-refractivity contribution in [1.82, 2.24) is 5.32 Å². The number of hydrogen-bond donors (Lipinski definition) is 1. The maximum absolute atomic E-state index is 12.5. The Bertz CT molecular complexity index is 1210. The van der Waals surface area contributed by atoms with Crippen LogP contribution in [0.5, 0.6) is 5.75 Å². The lowest BCUT2D eigenvalue weighted by atomic mass is 10.1. The Balaban J connectivity index is 1.59. The summed E-state index contributed by atoms with van der Waals surface area (Å²) in [6.07, 6.45) is 1.69. The summed E-state index contributed by atoms with van der Waals surface area (Å²) >= 11 is 4.67. The van der Waals surface area contributed by atoms with E-state index in [1.165, 1.54) is 11.8 Å². The molecule has 0 unspecified atom stereocenters. The van der Waals surface area contributed by atoms with Gasteiger partial charge in [0.15, 0.2) is 5.17 Å². The van der Waals surface area contributed by atoms with E-state index in [1.54, 1.807) is 48.5 Å². The van der Waals surface area contributed by atoms with Gasteiger partial charge < -0.3 is 10.1 Å². The number of halogens is 1. The van der Waals surface area contributed by atoms with Crippen molar-refractivity contribution in [1.29, 1.82) is 0 Å². The number of carbonyl (C=O) groups is 2. The standard InChI is InChI=1S/C24H17BrN2O3S/c1-15-7-10-19(11-8-15)26-24-27-22(28)21(31-24)14-17-13-18(25)9-12-20(17)30-23(29)16-5-3-2-4-6-16/h2-14H,1H3,(H,26,27,28)/b21-14-. The quantitative estimate of drug-likeness (QED) is 0.281. The Labute approximate surface area is 192 Å². The number of benzene rings is 3. The van der Waals surface area contributed by atoms with Gasteiger partial charge in [-0.05, 0) is 67.2 Å². The Morgan fingerprint density at radius 1 is 1.06 bits per heavy atom. The van der Waals surface area contributed by atoms with Gasteiger partial charge in [0.05, 0.1) is 16.2 Å². The Kier molecular flexibility index (Phi) is 6.34. The molecule has 0 atom stereocenters. The summed E-state index contributed by atoms with van der Waals surface area (Å²) in [6, 6.07) is 21.7. The van der Waals surface area contributed by atoms with Gasteiger partial charge in [-0.2, -0.15) is 0 Å². The summed E-state index contributed by atoms with van der Waals surface area (Å²) < 4.78 is 6.39. The van der Waals surface area contributed by atoms with Crippen LogP contribution in [0.3, 0.4) is 0 Å². The lowest BCUT2D eigenvalue weighted by molar-refractivity contribution is -0.115. The Morgan fingerprint density at radius 2 is 1.81 bits per heavy atom. The summed E-state index contributed by atoms with van der Waals surface area (Å²) in [5.74, 6) is -0.356. The molecular weight excluding hydrogens is 476 g/mol. The van der Waals surface area contributed by atoms with Gasteiger partial charge in [-0.3, -0.25) is 4.79 Å². The van der Waals surface area contributed by atoms with Crippen molar-refractivity contribution >= 4 is 56.5 Å². The number of carbonyl (C=O) groups excluding carboxylic acids is 2. The number of aliphatic imine (C=N–C) groups is 1. The van der Waals surface area contributed by atoms with Crippen molar-refractivity contribution < 1.29 is 14.3 Å². The van der Waals surface area contributed by atoms with Crippen molar-refractivity contribution in [2.24, 2.45) is 4.99 Å². The molecule has 1 fully saturated rings. The third-order valence-corrected chi connectivity index (χ3v) is 5.79. The summed E-state index contributed by atoms with van der Waals surface area (Å²) in [7, 11) is 0. The predicted molar refractivity (Wildman–Crippen MR) is 128 cm³/mol. The molecule has 1 saturated heterocycles. The highest BCUT2D eigenvalue weighted by atomic mass is 79.9. The second kappa shape index (κ2) is 9.32. The Morgan fingerprint density at radius 3 is 2.55 bits per heavy atom. The van der Waals surface area contributed by atoms with Crippen molar-refractivity contribution in [2.45, 2.75) is 6.92 Å². The molecule has 5 nitrogen and oxygen atoms in total. The van der Waals surface area contributed by atoms with E-state index in [-0.39, 0.29) is 5.91 Å². The number of nitrogens with zero attached hydrogens (tertiary/aromatic N) is 1. The number of nitrogens with one attached hydrogen (secondary N) is 1. The van der Waals surface area contributed by atoms with Crippen LogP contribution in [0.25, 0.3) is 6.08 Å². The van der Waals surface area contributed by atoms with Crippen molar-refractivity contribution in [3.63, 3.8) is 0 Å². The molecule has 3 aromatic carbocycles. The smallest absolute Gasteiger partial charge is 0.343 e. The van der Waals surface area contributed by atoms with Gasteiger partial charge in [-0.1, -0.05) is 51.8 Å². The molecule has 0 aliphatic carbocycles. The van der Waals surface area contributed by atoms with Crippen LogP contribution in [-0.2, 0) is 4.79 Å². The molecule has 0 bridgehead atoms. The first kappa shape index (κ1) is 21.1.